The van der Waals surface area contributed by atoms with Gasteiger partial charge in [0.15, 0.2) is 0 Å². The molecule has 0 aromatic carbocycles. The van der Waals surface area contributed by atoms with Crippen LogP contribution in [0.3, 0.4) is 0 Å². The van der Waals surface area contributed by atoms with E-state index in [0.717, 1.165) is 32.8 Å². The summed E-state index contributed by atoms with van der Waals surface area (Å²) in [5.41, 5.74) is 0.208. The zero-order chi connectivity index (χ0) is 12.8. The number of nitrogens with zero attached hydrogens (tertiary/aromatic N) is 2. The minimum Gasteiger partial charge on any atom is -0.478 e. The largest absolute Gasteiger partial charge is 0.478 e. The summed E-state index contributed by atoms with van der Waals surface area (Å²) >= 11 is 0. The molecule has 0 spiro atoms. The molecule has 1 saturated heterocycles. The summed E-state index contributed by atoms with van der Waals surface area (Å²) in [7, 11) is 0. The van der Waals surface area contributed by atoms with Gasteiger partial charge in [-0.3, -0.25) is 4.90 Å². The SMILES string of the molecule is O=C(O)c1cccnc1NCCN1CCOCC1. The molecular weight excluding hydrogens is 234 g/mol. The second-order valence-electron chi connectivity index (χ2n) is 4.09. The Morgan fingerprint density at radius 3 is 3.00 bits per heavy atom. The quantitative estimate of drug-likeness (QED) is 0.795. The molecule has 0 unspecified atom stereocenters. The van der Waals surface area contributed by atoms with Crippen LogP contribution in [0, 0.1) is 0 Å². The Balaban J connectivity index is 1.84. The van der Waals surface area contributed by atoms with Gasteiger partial charge in [-0.1, -0.05) is 0 Å². The molecular formula is C12H17N3O3. The molecule has 2 rings (SSSR count). The summed E-state index contributed by atoms with van der Waals surface area (Å²) in [5, 5.41) is 12.1. The Bertz CT molecular complexity index is 405. The van der Waals surface area contributed by atoms with E-state index in [9.17, 15) is 4.79 Å². The van der Waals surface area contributed by atoms with E-state index < -0.39 is 5.97 Å². The van der Waals surface area contributed by atoms with Crippen LogP contribution in [0.15, 0.2) is 18.3 Å². The molecule has 0 atom stereocenters. The van der Waals surface area contributed by atoms with Gasteiger partial charge < -0.3 is 15.2 Å². The average molecular weight is 251 g/mol. The number of ether oxygens (including phenoxy) is 1. The Morgan fingerprint density at radius 2 is 2.28 bits per heavy atom. The number of carboxylic acids is 1. The smallest absolute Gasteiger partial charge is 0.339 e. The normalized spacial score (nSPS) is 16.4. The first kappa shape index (κ1) is 12.8. The van der Waals surface area contributed by atoms with Gasteiger partial charge in [-0.15, -0.1) is 0 Å². The molecule has 0 amide bonds. The molecule has 18 heavy (non-hydrogen) atoms. The van der Waals surface area contributed by atoms with Gasteiger partial charge >= 0.3 is 5.97 Å². The summed E-state index contributed by atoms with van der Waals surface area (Å²) in [6.07, 6.45) is 1.59. The van der Waals surface area contributed by atoms with Crippen molar-refractivity contribution in [3.63, 3.8) is 0 Å². The van der Waals surface area contributed by atoms with Crippen LogP contribution in [0.2, 0.25) is 0 Å². The maximum Gasteiger partial charge on any atom is 0.339 e. The van der Waals surface area contributed by atoms with Crippen molar-refractivity contribution in [1.82, 2.24) is 9.88 Å². The number of hydrogen-bond donors (Lipinski definition) is 2. The van der Waals surface area contributed by atoms with Crippen molar-refractivity contribution in [2.24, 2.45) is 0 Å². The zero-order valence-electron chi connectivity index (χ0n) is 10.1. The van der Waals surface area contributed by atoms with Gasteiger partial charge in [-0.05, 0) is 12.1 Å². The summed E-state index contributed by atoms with van der Waals surface area (Å²) in [6, 6.07) is 3.17. The van der Waals surface area contributed by atoms with Gasteiger partial charge in [0, 0.05) is 32.4 Å². The van der Waals surface area contributed by atoms with E-state index in [4.69, 9.17) is 9.84 Å². The summed E-state index contributed by atoms with van der Waals surface area (Å²) in [4.78, 5) is 17.3. The van der Waals surface area contributed by atoms with Crippen LogP contribution in [-0.2, 0) is 4.74 Å². The predicted octanol–water partition coefficient (Wildman–Crippen LogP) is 0.524. The van der Waals surface area contributed by atoms with Gasteiger partial charge in [0.05, 0.1) is 13.2 Å². The molecule has 0 bridgehead atoms. The third-order valence-electron chi connectivity index (χ3n) is 2.86. The van der Waals surface area contributed by atoms with Crippen molar-refractivity contribution in [3.05, 3.63) is 23.9 Å². The van der Waals surface area contributed by atoms with Gasteiger partial charge in [-0.25, -0.2) is 9.78 Å². The van der Waals surface area contributed by atoms with Crippen molar-refractivity contribution < 1.29 is 14.6 Å². The molecule has 0 radical (unpaired) electrons. The number of rotatable bonds is 5. The van der Waals surface area contributed by atoms with Crippen molar-refractivity contribution in [1.29, 1.82) is 0 Å². The lowest BCUT2D eigenvalue weighted by atomic mass is 10.2. The van der Waals surface area contributed by atoms with Gasteiger partial charge in [0.25, 0.3) is 0 Å². The Kier molecular flexibility index (Phi) is 4.49. The van der Waals surface area contributed by atoms with E-state index in [1.807, 2.05) is 0 Å². The lowest BCUT2D eigenvalue weighted by Gasteiger charge is -2.26. The number of carboxylic acid groups (broad SMARTS) is 1. The highest BCUT2D eigenvalue weighted by atomic mass is 16.5. The van der Waals surface area contributed by atoms with Crippen LogP contribution >= 0.6 is 0 Å². The standard InChI is InChI=1S/C12H17N3O3/c16-12(17)10-2-1-3-13-11(10)14-4-5-15-6-8-18-9-7-15/h1-3H,4-9H2,(H,13,14)(H,16,17). The highest BCUT2D eigenvalue weighted by Gasteiger charge is 2.12. The van der Waals surface area contributed by atoms with Crippen molar-refractivity contribution in [2.45, 2.75) is 0 Å². The summed E-state index contributed by atoms with van der Waals surface area (Å²) < 4.78 is 5.26. The number of aromatic nitrogens is 1. The molecule has 1 aromatic heterocycles. The van der Waals surface area contributed by atoms with Crippen LogP contribution in [-0.4, -0.2) is 60.4 Å². The molecule has 98 valence electrons. The minimum atomic E-state index is -0.961. The first-order chi connectivity index (χ1) is 8.77. The Labute approximate surface area is 106 Å². The molecule has 0 saturated carbocycles. The van der Waals surface area contributed by atoms with Crippen LogP contribution in [0.5, 0.6) is 0 Å². The monoisotopic (exact) mass is 251 g/mol. The number of carbonyl (C=O) groups is 1. The number of pyridine rings is 1. The second kappa shape index (κ2) is 6.32. The fourth-order valence-electron chi connectivity index (χ4n) is 1.88. The lowest BCUT2D eigenvalue weighted by molar-refractivity contribution is 0.0398. The van der Waals surface area contributed by atoms with E-state index in [1.54, 1.807) is 18.3 Å². The fraction of sp³-hybridized carbons (Fsp3) is 0.500. The van der Waals surface area contributed by atoms with Crippen LogP contribution in [0.4, 0.5) is 5.82 Å². The highest BCUT2D eigenvalue weighted by molar-refractivity contribution is 5.92. The van der Waals surface area contributed by atoms with E-state index in [0.29, 0.717) is 12.4 Å². The van der Waals surface area contributed by atoms with E-state index >= 15 is 0 Å². The highest BCUT2D eigenvalue weighted by Crippen LogP contribution is 2.10. The maximum absolute atomic E-state index is 11.0. The van der Waals surface area contributed by atoms with Gasteiger partial charge in [0.2, 0.25) is 0 Å². The summed E-state index contributed by atoms with van der Waals surface area (Å²) in [6.45, 7) is 4.93. The minimum absolute atomic E-state index is 0.208. The molecule has 1 aromatic rings. The second-order valence-corrected chi connectivity index (χ2v) is 4.09. The zero-order valence-corrected chi connectivity index (χ0v) is 10.1. The van der Waals surface area contributed by atoms with E-state index in [2.05, 4.69) is 15.2 Å². The van der Waals surface area contributed by atoms with Gasteiger partial charge in [0.1, 0.15) is 11.4 Å². The van der Waals surface area contributed by atoms with Crippen molar-refractivity contribution in [2.75, 3.05) is 44.7 Å². The number of anilines is 1. The van der Waals surface area contributed by atoms with Crippen molar-refractivity contribution in [3.8, 4) is 0 Å². The fourth-order valence-corrected chi connectivity index (χ4v) is 1.88. The summed E-state index contributed by atoms with van der Waals surface area (Å²) in [5.74, 6) is -0.532. The van der Waals surface area contributed by atoms with Crippen molar-refractivity contribution >= 4 is 11.8 Å². The van der Waals surface area contributed by atoms with Crippen LogP contribution < -0.4 is 5.32 Å². The molecule has 2 N–H and O–H groups in total. The van der Waals surface area contributed by atoms with Crippen LogP contribution in [0.25, 0.3) is 0 Å². The van der Waals surface area contributed by atoms with E-state index in [-0.39, 0.29) is 5.56 Å². The predicted molar refractivity (Wildman–Crippen MR) is 66.9 cm³/mol. The van der Waals surface area contributed by atoms with E-state index in [1.165, 1.54) is 0 Å². The first-order valence-corrected chi connectivity index (χ1v) is 5.99. The molecule has 1 aliphatic heterocycles. The number of morpholine rings is 1. The molecule has 1 aliphatic rings. The number of aromatic carboxylic acids is 1. The maximum atomic E-state index is 11.0. The average Bonchev–Trinajstić information content (AvgIpc) is 2.40. The molecule has 6 heteroatoms. The third kappa shape index (κ3) is 3.41. The number of hydrogen-bond acceptors (Lipinski definition) is 5. The Hall–Kier alpha value is -1.66. The lowest BCUT2D eigenvalue weighted by Crippen LogP contribution is -2.39. The molecule has 6 nitrogen and oxygen atoms in total. The van der Waals surface area contributed by atoms with Crippen LogP contribution in [0.1, 0.15) is 10.4 Å². The molecule has 2 heterocycles. The third-order valence-corrected chi connectivity index (χ3v) is 2.86. The Morgan fingerprint density at radius 1 is 1.50 bits per heavy atom. The van der Waals surface area contributed by atoms with Gasteiger partial charge in [-0.2, -0.15) is 0 Å². The molecule has 0 aliphatic carbocycles. The molecule has 1 fully saturated rings. The number of nitrogens with one attached hydrogen (secondary N) is 1. The topological polar surface area (TPSA) is 74.7 Å². The first-order valence-electron chi connectivity index (χ1n) is 5.99.